The number of piperidine rings is 1. The van der Waals surface area contributed by atoms with Crippen molar-refractivity contribution in [2.75, 3.05) is 26.2 Å². The van der Waals surface area contributed by atoms with Crippen molar-refractivity contribution < 1.29 is 13.2 Å². The molecule has 1 aliphatic heterocycles. The molecule has 21 heavy (non-hydrogen) atoms. The van der Waals surface area contributed by atoms with E-state index in [1.807, 2.05) is 4.90 Å². The fourth-order valence-electron chi connectivity index (χ4n) is 2.39. The van der Waals surface area contributed by atoms with Crippen LogP contribution in [0.2, 0.25) is 0 Å². The molecule has 1 heterocycles. The quantitative estimate of drug-likeness (QED) is 0.630. The molecule has 7 nitrogen and oxygen atoms in total. The molecule has 0 spiro atoms. The van der Waals surface area contributed by atoms with Crippen molar-refractivity contribution >= 4 is 16.1 Å². The summed E-state index contributed by atoms with van der Waals surface area (Å²) in [5.41, 5.74) is 0.00409. The highest BCUT2D eigenvalue weighted by Gasteiger charge is 2.24. The lowest BCUT2D eigenvalue weighted by molar-refractivity contribution is -0.132. The molecule has 1 unspecified atom stereocenters. The van der Waals surface area contributed by atoms with Gasteiger partial charge in [0.15, 0.2) is 0 Å². The summed E-state index contributed by atoms with van der Waals surface area (Å²) in [5.74, 6) is 0.253. The van der Waals surface area contributed by atoms with Crippen molar-refractivity contribution in [3.8, 4) is 0 Å². The molecular weight excluding hydrogens is 292 g/mol. The van der Waals surface area contributed by atoms with Crippen LogP contribution in [0, 0.1) is 5.92 Å². The number of hydrogen-bond acceptors (Lipinski definition) is 4. The van der Waals surface area contributed by atoms with Gasteiger partial charge in [-0.25, -0.2) is 9.86 Å². The first kappa shape index (κ1) is 18.3. The number of nitrogens with zero attached hydrogens (tertiary/aromatic N) is 1. The average molecular weight is 320 g/mol. The molecule has 0 aromatic heterocycles. The molecule has 1 atom stereocenters. The Balaban J connectivity index is 2.36. The van der Waals surface area contributed by atoms with Gasteiger partial charge in [0.2, 0.25) is 5.91 Å². The summed E-state index contributed by atoms with van der Waals surface area (Å²) in [5, 5.41) is 8.22. The van der Waals surface area contributed by atoms with E-state index in [2.05, 4.69) is 30.8 Å². The second-order valence-corrected chi connectivity index (χ2v) is 8.05. The Morgan fingerprint density at radius 2 is 2.05 bits per heavy atom. The van der Waals surface area contributed by atoms with Gasteiger partial charge in [0.05, 0.1) is 0 Å². The Morgan fingerprint density at radius 1 is 1.38 bits per heavy atom. The SMILES string of the molecule is CC(C)(C)NCCC(=O)N1CCCC(CNS(N)(=O)=O)C1. The van der Waals surface area contributed by atoms with Crippen LogP contribution in [0.4, 0.5) is 0 Å². The van der Waals surface area contributed by atoms with E-state index < -0.39 is 10.2 Å². The van der Waals surface area contributed by atoms with Gasteiger partial charge < -0.3 is 10.2 Å². The van der Waals surface area contributed by atoms with Gasteiger partial charge in [0, 0.05) is 38.1 Å². The lowest BCUT2D eigenvalue weighted by atomic mass is 9.98. The minimum absolute atomic E-state index is 0.00409. The maximum Gasteiger partial charge on any atom is 0.274 e. The van der Waals surface area contributed by atoms with Gasteiger partial charge in [-0.15, -0.1) is 0 Å². The van der Waals surface area contributed by atoms with Crippen molar-refractivity contribution in [3.63, 3.8) is 0 Å². The molecule has 4 N–H and O–H groups in total. The van der Waals surface area contributed by atoms with Crippen molar-refractivity contribution in [2.45, 2.75) is 45.6 Å². The Morgan fingerprint density at radius 3 is 2.62 bits per heavy atom. The van der Waals surface area contributed by atoms with Gasteiger partial charge in [-0.05, 0) is 39.5 Å². The molecule has 0 aromatic carbocycles. The number of hydrogen-bond donors (Lipinski definition) is 3. The monoisotopic (exact) mass is 320 g/mol. The lowest BCUT2D eigenvalue weighted by Gasteiger charge is -2.33. The summed E-state index contributed by atoms with van der Waals surface area (Å²) in [4.78, 5) is 14.0. The summed E-state index contributed by atoms with van der Waals surface area (Å²) >= 11 is 0. The zero-order chi connectivity index (χ0) is 16.1. The highest BCUT2D eigenvalue weighted by atomic mass is 32.2. The van der Waals surface area contributed by atoms with E-state index >= 15 is 0 Å². The molecule has 1 saturated heterocycles. The molecule has 0 radical (unpaired) electrons. The summed E-state index contributed by atoms with van der Waals surface area (Å²) in [6, 6.07) is 0. The Kier molecular flexibility index (Phi) is 6.58. The third-order valence-corrected chi connectivity index (χ3v) is 4.01. The molecule has 1 amide bonds. The number of rotatable bonds is 6. The third kappa shape index (κ3) is 8.35. The van der Waals surface area contributed by atoms with E-state index in [0.717, 1.165) is 19.4 Å². The predicted octanol–water partition coefficient (Wildman–Crippen LogP) is -0.204. The molecule has 1 rings (SSSR count). The minimum atomic E-state index is -3.66. The molecule has 1 fully saturated rings. The van der Waals surface area contributed by atoms with Crippen LogP contribution in [0.5, 0.6) is 0 Å². The first-order valence-corrected chi connectivity index (χ1v) is 8.92. The topological polar surface area (TPSA) is 105 Å². The highest BCUT2D eigenvalue weighted by molar-refractivity contribution is 7.87. The van der Waals surface area contributed by atoms with Gasteiger partial charge in [0.25, 0.3) is 10.2 Å². The van der Waals surface area contributed by atoms with Crippen LogP contribution in [-0.2, 0) is 15.0 Å². The van der Waals surface area contributed by atoms with Gasteiger partial charge in [0.1, 0.15) is 0 Å². The number of nitrogens with two attached hydrogens (primary N) is 1. The standard InChI is InChI=1S/C13H28N4O3S/c1-13(2,3)15-7-6-12(18)17-8-4-5-11(10-17)9-16-21(14,19)20/h11,15-16H,4-10H2,1-3H3,(H2,14,19,20). The first-order valence-electron chi connectivity index (χ1n) is 7.37. The highest BCUT2D eigenvalue weighted by Crippen LogP contribution is 2.16. The van der Waals surface area contributed by atoms with E-state index in [0.29, 0.717) is 26.1 Å². The number of amides is 1. The molecular formula is C13H28N4O3S. The molecule has 0 bridgehead atoms. The van der Waals surface area contributed by atoms with Crippen LogP contribution in [0.1, 0.15) is 40.0 Å². The second-order valence-electron chi connectivity index (χ2n) is 6.67. The minimum Gasteiger partial charge on any atom is -0.342 e. The van der Waals surface area contributed by atoms with Gasteiger partial charge >= 0.3 is 0 Å². The number of carbonyl (C=O) groups excluding carboxylic acids is 1. The molecule has 1 aliphatic rings. The van der Waals surface area contributed by atoms with Crippen LogP contribution in [0.3, 0.4) is 0 Å². The summed E-state index contributed by atoms with van der Waals surface area (Å²) in [6.07, 6.45) is 2.27. The van der Waals surface area contributed by atoms with Gasteiger partial charge in [-0.3, -0.25) is 4.79 Å². The van der Waals surface area contributed by atoms with Gasteiger partial charge in [-0.1, -0.05) is 0 Å². The number of carbonyl (C=O) groups is 1. The van der Waals surface area contributed by atoms with Crippen LogP contribution < -0.4 is 15.2 Å². The van der Waals surface area contributed by atoms with Crippen LogP contribution in [0.15, 0.2) is 0 Å². The van der Waals surface area contributed by atoms with E-state index in [4.69, 9.17) is 5.14 Å². The van der Waals surface area contributed by atoms with Gasteiger partial charge in [-0.2, -0.15) is 8.42 Å². The fourth-order valence-corrected chi connectivity index (χ4v) is 2.86. The summed E-state index contributed by atoms with van der Waals surface area (Å²) in [7, 11) is -3.66. The largest absolute Gasteiger partial charge is 0.342 e. The zero-order valence-electron chi connectivity index (χ0n) is 13.2. The molecule has 8 heteroatoms. The summed E-state index contributed by atoms with van der Waals surface area (Å²) < 4.78 is 24.1. The smallest absolute Gasteiger partial charge is 0.274 e. The van der Waals surface area contributed by atoms with Crippen molar-refractivity contribution in [3.05, 3.63) is 0 Å². The second kappa shape index (κ2) is 7.53. The maximum absolute atomic E-state index is 12.2. The van der Waals surface area contributed by atoms with E-state index in [-0.39, 0.29) is 17.4 Å². The predicted molar refractivity (Wildman–Crippen MR) is 82.8 cm³/mol. The van der Waals surface area contributed by atoms with Crippen molar-refractivity contribution in [2.24, 2.45) is 11.1 Å². The normalized spacial score (nSPS) is 20.6. The first-order chi connectivity index (χ1) is 9.57. The van der Waals surface area contributed by atoms with Crippen LogP contribution in [0.25, 0.3) is 0 Å². The molecule has 0 aliphatic carbocycles. The van der Waals surface area contributed by atoms with Crippen molar-refractivity contribution in [1.29, 1.82) is 0 Å². The Bertz CT molecular complexity index is 445. The molecule has 124 valence electrons. The summed E-state index contributed by atoms with van der Waals surface area (Å²) in [6.45, 7) is 8.48. The lowest BCUT2D eigenvalue weighted by Crippen LogP contribution is -2.46. The number of likely N-dealkylation sites (tertiary alicyclic amines) is 1. The molecule has 0 saturated carbocycles. The van der Waals surface area contributed by atoms with Crippen LogP contribution >= 0.6 is 0 Å². The molecule has 0 aromatic rings. The number of nitrogens with one attached hydrogen (secondary N) is 2. The van der Waals surface area contributed by atoms with Crippen LogP contribution in [-0.4, -0.2) is 50.9 Å². The zero-order valence-corrected chi connectivity index (χ0v) is 14.0. The Hall–Kier alpha value is -0.700. The van der Waals surface area contributed by atoms with E-state index in [1.165, 1.54) is 0 Å². The van der Waals surface area contributed by atoms with Crippen molar-refractivity contribution in [1.82, 2.24) is 14.9 Å². The fraction of sp³-hybridized carbons (Fsp3) is 0.923. The Labute approximate surface area is 127 Å². The third-order valence-electron chi connectivity index (χ3n) is 3.44. The van der Waals surface area contributed by atoms with E-state index in [1.54, 1.807) is 0 Å². The average Bonchev–Trinajstić information content (AvgIpc) is 2.34. The van der Waals surface area contributed by atoms with E-state index in [9.17, 15) is 13.2 Å². The maximum atomic E-state index is 12.2.